The molecule has 0 bridgehead atoms. The summed E-state index contributed by atoms with van der Waals surface area (Å²) >= 11 is 0. The number of hydrogen-bond donors (Lipinski definition) is 0. The van der Waals surface area contributed by atoms with E-state index in [2.05, 4.69) is 123 Å². The van der Waals surface area contributed by atoms with Crippen LogP contribution in [0.25, 0.3) is 0 Å². The summed E-state index contributed by atoms with van der Waals surface area (Å²) in [6.07, 6.45) is 0. The number of hydrogen-bond acceptors (Lipinski definition) is 0. The quantitative estimate of drug-likeness (QED) is 0.411. The summed E-state index contributed by atoms with van der Waals surface area (Å²) < 4.78 is 0. The standard InChI is InChI=1S/C14H15P.C12H11P/c1-11-7-3-5-9-13(11)15-14-10-6-4-8-12(14)2;1-3-7-11(8-4-1)13-12-9-5-2-6-10-12/h3-10,15H,1-2H3;1-10,13H. The fraction of sp³-hybridized carbons (Fsp3) is 0.0769. The first-order chi connectivity index (χ1) is 13.7. The van der Waals surface area contributed by atoms with Gasteiger partial charge in [-0.2, -0.15) is 0 Å². The van der Waals surface area contributed by atoms with Gasteiger partial charge in [-0.05, 0) is 46.2 Å². The van der Waals surface area contributed by atoms with Gasteiger partial charge in [-0.15, -0.1) is 0 Å². The molecule has 4 rings (SSSR count). The van der Waals surface area contributed by atoms with Gasteiger partial charge in [-0.3, -0.25) is 0 Å². The minimum Gasteiger partial charge on any atom is -0.0622 e. The topological polar surface area (TPSA) is 0 Å². The Morgan fingerprint density at radius 1 is 0.393 bits per heavy atom. The lowest BCUT2D eigenvalue weighted by molar-refractivity contribution is 1.51. The van der Waals surface area contributed by atoms with Gasteiger partial charge < -0.3 is 0 Å². The second-order valence-electron chi connectivity index (χ2n) is 6.61. The Hall–Kier alpha value is -2.26. The van der Waals surface area contributed by atoms with Gasteiger partial charge in [-0.25, -0.2) is 0 Å². The van der Waals surface area contributed by atoms with Crippen molar-refractivity contribution < 1.29 is 0 Å². The van der Waals surface area contributed by atoms with Crippen molar-refractivity contribution in [2.75, 3.05) is 0 Å². The molecule has 0 saturated heterocycles. The molecular formula is C26H26P2. The molecule has 0 radical (unpaired) electrons. The van der Waals surface area contributed by atoms with Crippen LogP contribution in [0.15, 0.2) is 109 Å². The number of rotatable bonds is 4. The maximum Gasteiger partial charge on any atom is -0.0197 e. The fourth-order valence-electron chi connectivity index (χ4n) is 2.78. The normalized spacial score (nSPS) is 10.1. The Bertz CT molecular complexity index is 898. The SMILES string of the molecule is Cc1ccccc1Pc1ccccc1C.c1ccc(Pc2ccccc2)cc1. The third-order valence-corrected chi connectivity index (χ3v) is 7.30. The van der Waals surface area contributed by atoms with Crippen molar-refractivity contribution in [1.82, 2.24) is 0 Å². The highest BCUT2D eigenvalue weighted by Crippen LogP contribution is 2.15. The van der Waals surface area contributed by atoms with E-state index in [4.69, 9.17) is 0 Å². The van der Waals surface area contributed by atoms with Crippen LogP contribution in [0.5, 0.6) is 0 Å². The maximum absolute atomic E-state index is 2.22. The summed E-state index contributed by atoms with van der Waals surface area (Å²) in [5.41, 5.74) is 2.78. The van der Waals surface area contributed by atoms with Gasteiger partial charge >= 0.3 is 0 Å². The van der Waals surface area contributed by atoms with Crippen LogP contribution in [0.1, 0.15) is 11.1 Å². The Balaban J connectivity index is 0.000000162. The molecule has 0 N–H and O–H groups in total. The summed E-state index contributed by atoms with van der Waals surface area (Å²) in [4.78, 5) is 0. The van der Waals surface area contributed by atoms with E-state index in [9.17, 15) is 0 Å². The predicted octanol–water partition coefficient (Wildman–Crippen LogP) is 5.25. The van der Waals surface area contributed by atoms with Crippen molar-refractivity contribution >= 4 is 38.4 Å². The van der Waals surface area contributed by atoms with Crippen molar-refractivity contribution in [1.29, 1.82) is 0 Å². The highest BCUT2D eigenvalue weighted by Gasteiger charge is 2.01. The van der Waals surface area contributed by atoms with E-state index in [1.165, 1.54) is 32.3 Å². The first-order valence-electron chi connectivity index (χ1n) is 9.48. The lowest BCUT2D eigenvalue weighted by Gasteiger charge is -2.08. The Morgan fingerprint density at radius 3 is 1.14 bits per heavy atom. The molecule has 0 saturated carbocycles. The van der Waals surface area contributed by atoms with Crippen molar-refractivity contribution in [2.45, 2.75) is 13.8 Å². The molecular weight excluding hydrogens is 374 g/mol. The van der Waals surface area contributed by atoms with Crippen molar-refractivity contribution in [3.05, 3.63) is 120 Å². The van der Waals surface area contributed by atoms with Crippen molar-refractivity contribution in [2.24, 2.45) is 0 Å². The molecule has 2 heteroatoms. The van der Waals surface area contributed by atoms with Crippen LogP contribution in [0.2, 0.25) is 0 Å². The van der Waals surface area contributed by atoms with Crippen molar-refractivity contribution in [3.8, 4) is 0 Å². The average molecular weight is 400 g/mol. The van der Waals surface area contributed by atoms with E-state index < -0.39 is 0 Å². The zero-order valence-corrected chi connectivity index (χ0v) is 18.4. The summed E-state index contributed by atoms with van der Waals surface area (Å²) in [6.45, 7) is 4.36. The molecule has 0 spiro atoms. The van der Waals surface area contributed by atoms with E-state index in [1.54, 1.807) is 0 Å². The second kappa shape index (κ2) is 10.9. The van der Waals surface area contributed by atoms with Gasteiger partial charge in [0.25, 0.3) is 0 Å². The zero-order chi connectivity index (χ0) is 19.6. The highest BCUT2D eigenvalue weighted by molar-refractivity contribution is 7.56. The molecule has 0 heterocycles. The van der Waals surface area contributed by atoms with Gasteiger partial charge in [-0.1, -0.05) is 126 Å². The van der Waals surface area contributed by atoms with Gasteiger partial charge in [0.1, 0.15) is 0 Å². The molecule has 0 unspecified atom stereocenters. The lowest BCUT2D eigenvalue weighted by Crippen LogP contribution is -2.08. The molecule has 0 amide bonds. The Labute approximate surface area is 172 Å². The van der Waals surface area contributed by atoms with E-state index in [0.29, 0.717) is 0 Å². The molecule has 0 fully saturated rings. The van der Waals surface area contributed by atoms with Crippen LogP contribution in [0, 0.1) is 13.8 Å². The van der Waals surface area contributed by atoms with Crippen molar-refractivity contribution in [3.63, 3.8) is 0 Å². The Kier molecular flexibility index (Phi) is 7.98. The summed E-state index contributed by atoms with van der Waals surface area (Å²) in [5.74, 6) is 0. The van der Waals surface area contributed by atoms with E-state index in [0.717, 1.165) is 17.2 Å². The van der Waals surface area contributed by atoms with Crippen LogP contribution in [-0.2, 0) is 0 Å². The van der Waals surface area contributed by atoms with Gasteiger partial charge in [0.05, 0.1) is 0 Å². The minimum atomic E-state index is 0.774. The summed E-state index contributed by atoms with van der Waals surface area (Å²) in [5, 5.41) is 5.70. The Morgan fingerprint density at radius 2 is 0.750 bits per heavy atom. The van der Waals surface area contributed by atoms with Gasteiger partial charge in [0.2, 0.25) is 0 Å². The largest absolute Gasteiger partial charge is 0.0622 e. The van der Waals surface area contributed by atoms with Crippen LogP contribution in [0.3, 0.4) is 0 Å². The molecule has 4 aromatic rings. The molecule has 0 aliphatic heterocycles. The predicted molar refractivity (Wildman–Crippen MR) is 130 cm³/mol. The average Bonchev–Trinajstić information content (AvgIpc) is 2.73. The first-order valence-corrected chi connectivity index (χ1v) is 11.5. The van der Waals surface area contributed by atoms with Gasteiger partial charge in [0, 0.05) is 0 Å². The second-order valence-corrected chi connectivity index (χ2v) is 9.34. The van der Waals surface area contributed by atoms with Crippen LogP contribution in [-0.4, -0.2) is 0 Å². The molecule has 0 nitrogen and oxygen atoms in total. The molecule has 0 aromatic heterocycles. The minimum absolute atomic E-state index is 0.774. The molecule has 28 heavy (non-hydrogen) atoms. The van der Waals surface area contributed by atoms with E-state index in [-0.39, 0.29) is 0 Å². The lowest BCUT2D eigenvalue weighted by atomic mass is 10.2. The molecule has 140 valence electrons. The highest BCUT2D eigenvalue weighted by atomic mass is 31.1. The van der Waals surface area contributed by atoms with Crippen LogP contribution in [0.4, 0.5) is 0 Å². The zero-order valence-electron chi connectivity index (χ0n) is 16.4. The third kappa shape index (κ3) is 6.42. The van der Waals surface area contributed by atoms with E-state index in [1.807, 2.05) is 0 Å². The molecule has 4 aromatic carbocycles. The smallest absolute Gasteiger partial charge is 0.0197 e. The van der Waals surface area contributed by atoms with E-state index >= 15 is 0 Å². The fourth-order valence-corrected chi connectivity index (χ4v) is 5.04. The first kappa shape index (κ1) is 20.5. The molecule has 0 aliphatic rings. The van der Waals surface area contributed by atoms with Gasteiger partial charge in [0.15, 0.2) is 0 Å². The third-order valence-electron chi connectivity index (χ3n) is 4.40. The number of benzene rings is 4. The monoisotopic (exact) mass is 400 g/mol. The maximum atomic E-state index is 2.22. The molecule has 0 atom stereocenters. The summed E-state index contributed by atoms with van der Waals surface area (Å²) in [7, 11) is 1.55. The molecule has 0 aliphatic carbocycles. The van der Waals surface area contributed by atoms with Crippen LogP contribution >= 0.6 is 17.2 Å². The van der Waals surface area contributed by atoms with Crippen LogP contribution < -0.4 is 21.2 Å². The number of aryl methyl sites for hydroxylation is 2. The summed E-state index contributed by atoms with van der Waals surface area (Å²) in [6, 6.07) is 38.4.